The van der Waals surface area contributed by atoms with Gasteiger partial charge in [-0.05, 0) is 80.9 Å². The van der Waals surface area contributed by atoms with E-state index in [-0.39, 0.29) is 27.3 Å². The molecule has 5 aliphatic rings. The molecule has 8 heteroatoms. The van der Waals surface area contributed by atoms with Gasteiger partial charge in [-0.3, -0.25) is 4.79 Å². The maximum atomic E-state index is 13.5. The molecule has 6 rings (SSSR count). The molecular weight excluding hydrogens is 427 g/mol. The number of sulfonamides is 1. The summed E-state index contributed by atoms with van der Waals surface area (Å²) in [5.74, 6) is 1.60. The Morgan fingerprint density at radius 3 is 2.60 bits per heavy atom. The highest BCUT2D eigenvalue weighted by Gasteiger charge is 2.59. The zero-order valence-corrected chi connectivity index (χ0v) is 18.5. The summed E-state index contributed by atoms with van der Waals surface area (Å²) in [4.78, 5) is 13.2. The van der Waals surface area contributed by atoms with Gasteiger partial charge in [-0.15, -0.1) is 0 Å². The molecule has 1 N–H and O–H groups in total. The molecule has 4 aliphatic carbocycles. The van der Waals surface area contributed by atoms with E-state index in [0.717, 1.165) is 38.2 Å². The minimum Gasteiger partial charge on any atom is -0.354 e. The summed E-state index contributed by atoms with van der Waals surface area (Å²) < 4.78 is 41.4. The molecular formula is C22H28ClFN2O3S. The van der Waals surface area contributed by atoms with E-state index in [1.165, 1.54) is 29.3 Å². The molecule has 3 unspecified atom stereocenters. The fourth-order valence-corrected chi connectivity index (χ4v) is 8.72. The first kappa shape index (κ1) is 20.7. The molecule has 1 heterocycles. The van der Waals surface area contributed by atoms with E-state index in [2.05, 4.69) is 5.32 Å². The number of nitrogens with one attached hydrogen (secondary N) is 1. The summed E-state index contributed by atoms with van der Waals surface area (Å²) in [6.45, 7) is 0.726. The molecule has 5 nitrogen and oxygen atoms in total. The van der Waals surface area contributed by atoms with Gasteiger partial charge in [0.2, 0.25) is 15.9 Å². The van der Waals surface area contributed by atoms with Gasteiger partial charge in [0, 0.05) is 24.5 Å². The highest BCUT2D eigenvalue weighted by molar-refractivity contribution is 7.89. The first-order chi connectivity index (χ1) is 14.3. The van der Waals surface area contributed by atoms with Gasteiger partial charge in [-0.1, -0.05) is 18.0 Å². The summed E-state index contributed by atoms with van der Waals surface area (Å²) in [7, 11) is -3.81. The molecule has 1 aromatic rings. The lowest BCUT2D eigenvalue weighted by atomic mass is 9.69. The van der Waals surface area contributed by atoms with Gasteiger partial charge < -0.3 is 5.32 Å². The summed E-state index contributed by atoms with van der Waals surface area (Å²) in [6, 6.07) is 3.22. The van der Waals surface area contributed by atoms with Gasteiger partial charge in [0.15, 0.2) is 0 Å². The molecule has 0 aromatic heterocycles. The van der Waals surface area contributed by atoms with Crippen LogP contribution < -0.4 is 5.32 Å². The maximum Gasteiger partial charge on any atom is 0.243 e. The van der Waals surface area contributed by atoms with Crippen molar-refractivity contribution in [2.45, 2.75) is 62.3 Å². The highest BCUT2D eigenvalue weighted by Crippen LogP contribution is 2.64. The van der Waals surface area contributed by atoms with E-state index in [0.29, 0.717) is 37.3 Å². The number of piperidine rings is 1. The Labute approximate surface area is 182 Å². The molecule has 0 radical (unpaired) electrons. The number of halogens is 2. The third kappa shape index (κ3) is 3.37. The zero-order chi connectivity index (χ0) is 21.1. The number of rotatable bonds is 5. The lowest BCUT2D eigenvalue weighted by Gasteiger charge is -2.39. The van der Waals surface area contributed by atoms with Crippen molar-refractivity contribution >= 4 is 27.5 Å². The van der Waals surface area contributed by atoms with Crippen LogP contribution in [0.3, 0.4) is 0 Å². The third-order valence-electron chi connectivity index (χ3n) is 7.97. The van der Waals surface area contributed by atoms with Gasteiger partial charge in [-0.2, -0.15) is 4.31 Å². The van der Waals surface area contributed by atoms with Crippen LogP contribution in [0.4, 0.5) is 4.39 Å². The largest absolute Gasteiger partial charge is 0.354 e. The second-order valence-corrected chi connectivity index (χ2v) is 12.1. The zero-order valence-electron chi connectivity index (χ0n) is 16.9. The minimum absolute atomic E-state index is 0.00303. The van der Waals surface area contributed by atoms with Gasteiger partial charge in [0.1, 0.15) is 5.82 Å². The average molecular weight is 455 g/mol. The standard InChI is InChI=1S/C22H28ClFN2O3S/c23-19-9-18(4-5-20(19)24)30(28,29)26-6-2-1-3-17(26)13-25-21(27)22-10-14-7-15(11-22)16(8-14)12-22/h4-5,9,14-17H,1-3,6-8,10-13H2,(H,25,27)/t14?,15-,16+,17?,22?. The Balaban J connectivity index is 1.30. The number of hydrogen-bond donors (Lipinski definition) is 1. The van der Waals surface area contributed by atoms with Crippen LogP contribution in [0.5, 0.6) is 0 Å². The van der Waals surface area contributed by atoms with Crippen LogP contribution in [0.15, 0.2) is 23.1 Å². The summed E-state index contributed by atoms with van der Waals surface area (Å²) in [5, 5.41) is 2.92. The third-order valence-corrected chi connectivity index (χ3v) is 10.2. The molecule has 5 fully saturated rings. The van der Waals surface area contributed by atoms with Crippen LogP contribution in [0.25, 0.3) is 0 Å². The molecule has 1 saturated heterocycles. The van der Waals surface area contributed by atoms with E-state index in [9.17, 15) is 17.6 Å². The number of benzene rings is 1. The quantitative estimate of drug-likeness (QED) is 0.732. The van der Waals surface area contributed by atoms with Crippen LogP contribution in [-0.4, -0.2) is 37.8 Å². The number of carbonyl (C=O) groups is 1. The van der Waals surface area contributed by atoms with Crippen molar-refractivity contribution in [2.75, 3.05) is 13.1 Å². The Hall–Kier alpha value is -1.18. The lowest BCUT2D eigenvalue weighted by Crippen LogP contribution is -2.52. The van der Waals surface area contributed by atoms with Gasteiger partial charge >= 0.3 is 0 Å². The van der Waals surface area contributed by atoms with Crippen LogP contribution in [0.1, 0.15) is 51.4 Å². The van der Waals surface area contributed by atoms with Crippen molar-refractivity contribution < 1.29 is 17.6 Å². The van der Waals surface area contributed by atoms with E-state index < -0.39 is 15.8 Å². The molecule has 0 spiro atoms. The predicted molar refractivity (Wildman–Crippen MR) is 112 cm³/mol. The Morgan fingerprint density at radius 1 is 1.20 bits per heavy atom. The molecule has 1 amide bonds. The van der Waals surface area contributed by atoms with E-state index in [4.69, 9.17) is 11.6 Å². The Kier molecular flexibility index (Phi) is 5.14. The molecule has 4 saturated carbocycles. The SMILES string of the molecule is O=C(NCC1CCCCN1S(=O)(=O)c1ccc(F)c(Cl)c1)C12CC3C[C@H](C1)[C@@H](C3)C2. The fraction of sp³-hybridized carbons (Fsp3) is 0.682. The summed E-state index contributed by atoms with van der Waals surface area (Å²) in [6.07, 6.45) is 7.97. The Bertz CT molecular complexity index is 950. The van der Waals surface area contributed by atoms with E-state index in [1.54, 1.807) is 0 Å². The fourth-order valence-electron chi connectivity index (χ4n) is 6.75. The monoisotopic (exact) mass is 454 g/mol. The first-order valence-corrected chi connectivity index (χ1v) is 12.9. The molecule has 164 valence electrons. The van der Waals surface area contributed by atoms with Gasteiger partial charge in [0.25, 0.3) is 0 Å². The summed E-state index contributed by atoms with van der Waals surface area (Å²) >= 11 is 5.82. The molecule has 30 heavy (non-hydrogen) atoms. The maximum absolute atomic E-state index is 13.5. The van der Waals surface area contributed by atoms with Gasteiger partial charge in [-0.25, -0.2) is 12.8 Å². The summed E-state index contributed by atoms with van der Waals surface area (Å²) in [5.41, 5.74) is -0.223. The number of carbonyl (C=O) groups excluding carboxylic acids is 1. The second-order valence-electron chi connectivity index (χ2n) is 9.80. The Morgan fingerprint density at radius 2 is 1.93 bits per heavy atom. The van der Waals surface area contributed by atoms with E-state index in [1.807, 2.05) is 0 Å². The van der Waals surface area contributed by atoms with Crippen molar-refractivity contribution in [3.05, 3.63) is 29.0 Å². The normalized spacial score (nSPS) is 35.7. The lowest BCUT2D eigenvalue weighted by molar-refractivity contribution is -0.134. The van der Waals surface area contributed by atoms with Crippen molar-refractivity contribution in [3.8, 4) is 0 Å². The van der Waals surface area contributed by atoms with Crippen molar-refractivity contribution in [1.82, 2.24) is 9.62 Å². The topological polar surface area (TPSA) is 66.5 Å². The molecule has 1 aliphatic heterocycles. The second kappa shape index (κ2) is 7.45. The molecule has 4 bridgehead atoms. The minimum atomic E-state index is -3.81. The first-order valence-electron chi connectivity index (χ1n) is 11.0. The van der Waals surface area contributed by atoms with Crippen molar-refractivity contribution in [2.24, 2.45) is 23.2 Å². The van der Waals surface area contributed by atoms with Crippen LogP contribution >= 0.6 is 11.6 Å². The van der Waals surface area contributed by atoms with Crippen LogP contribution in [0, 0.1) is 29.0 Å². The average Bonchev–Trinajstić information content (AvgIpc) is 3.15. The van der Waals surface area contributed by atoms with Crippen LogP contribution in [-0.2, 0) is 14.8 Å². The van der Waals surface area contributed by atoms with E-state index >= 15 is 0 Å². The molecule has 5 atom stereocenters. The number of amides is 1. The van der Waals surface area contributed by atoms with Gasteiger partial charge in [0.05, 0.1) is 9.92 Å². The predicted octanol–water partition coefficient (Wildman–Crippen LogP) is 3.96. The van der Waals surface area contributed by atoms with Crippen LogP contribution in [0.2, 0.25) is 5.02 Å². The molecule has 1 aromatic carbocycles. The number of hydrogen-bond acceptors (Lipinski definition) is 3. The van der Waals surface area contributed by atoms with Crippen molar-refractivity contribution in [3.63, 3.8) is 0 Å². The number of nitrogens with zero attached hydrogens (tertiary/aromatic N) is 1. The smallest absolute Gasteiger partial charge is 0.243 e. The highest BCUT2D eigenvalue weighted by atomic mass is 35.5. The van der Waals surface area contributed by atoms with Crippen molar-refractivity contribution in [1.29, 1.82) is 0 Å².